The standard InChI is InChI=1S/C14H15ClN2O2/c1-3-12(10-4-6-11(15)7-5-10)16-14(18)13-8-9(2)17-19-13/h4-8,12H,3H2,1-2H3,(H,16,18). The average Bonchev–Trinajstić information content (AvgIpc) is 2.84. The first-order chi connectivity index (χ1) is 9.10. The average molecular weight is 279 g/mol. The van der Waals surface area contributed by atoms with Crippen LogP contribution in [-0.4, -0.2) is 11.1 Å². The van der Waals surface area contributed by atoms with Crippen molar-refractivity contribution in [3.8, 4) is 0 Å². The molecule has 0 aliphatic carbocycles. The van der Waals surface area contributed by atoms with Crippen molar-refractivity contribution >= 4 is 17.5 Å². The molecule has 1 N–H and O–H groups in total. The van der Waals surface area contributed by atoms with Crippen LogP contribution in [0.5, 0.6) is 0 Å². The van der Waals surface area contributed by atoms with Gasteiger partial charge < -0.3 is 9.84 Å². The number of carbonyl (C=O) groups is 1. The van der Waals surface area contributed by atoms with Crippen LogP contribution in [0, 0.1) is 6.92 Å². The lowest BCUT2D eigenvalue weighted by molar-refractivity contribution is 0.0898. The highest BCUT2D eigenvalue weighted by Crippen LogP contribution is 2.19. The van der Waals surface area contributed by atoms with Gasteiger partial charge in [-0.2, -0.15) is 0 Å². The van der Waals surface area contributed by atoms with Crippen LogP contribution in [0.15, 0.2) is 34.9 Å². The molecule has 0 aliphatic heterocycles. The normalized spacial score (nSPS) is 12.2. The monoisotopic (exact) mass is 278 g/mol. The van der Waals surface area contributed by atoms with Gasteiger partial charge in [-0.15, -0.1) is 0 Å². The van der Waals surface area contributed by atoms with Crippen LogP contribution in [0.2, 0.25) is 5.02 Å². The first-order valence-electron chi connectivity index (χ1n) is 6.09. The van der Waals surface area contributed by atoms with Crippen LogP contribution < -0.4 is 5.32 Å². The summed E-state index contributed by atoms with van der Waals surface area (Å²) in [4.78, 5) is 12.0. The molecule has 4 nitrogen and oxygen atoms in total. The summed E-state index contributed by atoms with van der Waals surface area (Å²) in [5, 5.41) is 7.29. The molecule has 5 heteroatoms. The van der Waals surface area contributed by atoms with Crippen LogP contribution in [0.1, 0.15) is 41.2 Å². The lowest BCUT2D eigenvalue weighted by Gasteiger charge is -2.16. The zero-order valence-corrected chi connectivity index (χ0v) is 11.6. The molecule has 1 amide bonds. The van der Waals surface area contributed by atoms with Gasteiger partial charge in [0.1, 0.15) is 0 Å². The fourth-order valence-corrected chi connectivity index (χ4v) is 1.94. The third-order valence-corrected chi connectivity index (χ3v) is 3.09. The van der Waals surface area contributed by atoms with Crippen molar-refractivity contribution in [1.82, 2.24) is 10.5 Å². The van der Waals surface area contributed by atoms with Gasteiger partial charge in [-0.05, 0) is 31.0 Å². The Morgan fingerprint density at radius 3 is 2.63 bits per heavy atom. The summed E-state index contributed by atoms with van der Waals surface area (Å²) in [6.07, 6.45) is 0.778. The van der Waals surface area contributed by atoms with E-state index in [-0.39, 0.29) is 17.7 Å². The summed E-state index contributed by atoms with van der Waals surface area (Å²) in [5.74, 6) is -0.0349. The van der Waals surface area contributed by atoms with Crippen LogP contribution in [-0.2, 0) is 0 Å². The predicted molar refractivity (Wildman–Crippen MR) is 73.2 cm³/mol. The largest absolute Gasteiger partial charge is 0.351 e. The molecule has 0 saturated carbocycles. The first-order valence-corrected chi connectivity index (χ1v) is 6.47. The molecule has 1 heterocycles. The molecule has 2 aromatic rings. The van der Waals surface area contributed by atoms with Gasteiger partial charge >= 0.3 is 0 Å². The molecule has 0 spiro atoms. The zero-order chi connectivity index (χ0) is 13.8. The van der Waals surface area contributed by atoms with Gasteiger partial charge in [0.05, 0.1) is 11.7 Å². The molecule has 0 bridgehead atoms. The smallest absolute Gasteiger partial charge is 0.290 e. The van der Waals surface area contributed by atoms with E-state index in [1.165, 1.54) is 0 Å². The Morgan fingerprint density at radius 2 is 2.11 bits per heavy atom. The molecule has 1 unspecified atom stereocenters. The van der Waals surface area contributed by atoms with Gasteiger partial charge in [-0.25, -0.2) is 0 Å². The zero-order valence-electron chi connectivity index (χ0n) is 10.8. The highest BCUT2D eigenvalue weighted by molar-refractivity contribution is 6.30. The molecule has 1 aromatic carbocycles. The van der Waals surface area contributed by atoms with Crippen molar-refractivity contribution in [3.63, 3.8) is 0 Å². The Bertz CT molecular complexity index is 563. The Labute approximate surface area is 116 Å². The second kappa shape index (κ2) is 5.89. The van der Waals surface area contributed by atoms with E-state index >= 15 is 0 Å². The van der Waals surface area contributed by atoms with Crippen molar-refractivity contribution in [2.75, 3.05) is 0 Å². The summed E-state index contributed by atoms with van der Waals surface area (Å²) in [7, 11) is 0. The second-order valence-corrected chi connectivity index (χ2v) is 4.75. The van der Waals surface area contributed by atoms with Crippen molar-refractivity contribution in [1.29, 1.82) is 0 Å². The van der Waals surface area contributed by atoms with Crippen LogP contribution in [0.25, 0.3) is 0 Å². The summed E-state index contributed by atoms with van der Waals surface area (Å²) in [5.41, 5.74) is 1.70. The molecule has 2 rings (SSSR count). The summed E-state index contributed by atoms with van der Waals surface area (Å²) in [6, 6.07) is 8.97. The minimum absolute atomic E-state index is 0.0739. The molecule has 0 fully saturated rings. The van der Waals surface area contributed by atoms with Gasteiger partial charge in [0.25, 0.3) is 5.91 Å². The number of rotatable bonds is 4. The summed E-state index contributed by atoms with van der Waals surface area (Å²) < 4.78 is 4.94. The molecular weight excluding hydrogens is 264 g/mol. The number of aryl methyl sites for hydroxylation is 1. The molecule has 1 aromatic heterocycles. The number of halogens is 1. The quantitative estimate of drug-likeness (QED) is 0.931. The van der Waals surface area contributed by atoms with E-state index in [0.29, 0.717) is 10.7 Å². The third-order valence-electron chi connectivity index (χ3n) is 2.84. The first kappa shape index (κ1) is 13.6. The number of nitrogens with one attached hydrogen (secondary N) is 1. The topological polar surface area (TPSA) is 55.1 Å². The number of aromatic nitrogens is 1. The molecule has 100 valence electrons. The predicted octanol–water partition coefficient (Wildman–Crippen LogP) is 3.52. The maximum absolute atomic E-state index is 12.0. The van der Waals surface area contributed by atoms with Gasteiger partial charge in [-0.1, -0.05) is 35.8 Å². The van der Waals surface area contributed by atoms with Crippen molar-refractivity contribution < 1.29 is 9.32 Å². The van der Waals surface area contributed by atoms with Crippen molar-refractivity contribution in [3.05, 3.63) is 52.4 Å². The number of hydrogen-bond donors (Lipinski definition) is 1. The number of nitrogens with zero attached hydrogens (tertiary/aromatic N) is 1. The highest BCUT2D eigenvalue weighted by Gasteiger charge is 2.17. The van der Waals surface area contributed by atoms with E-state index in [4.69, 9.17) is 16.1 Å². The van der Waals surface area contributed by atoms with Crippen molar-refractivity contribution in [2.24, 2.45) is 0 Å². The summed E-state index contributed by atoms with van der Waals surface area (Å²) >= 11 is 5.85. The van der Waals surface area contributed by atoms with E-state index in [1.807, 2.05) is 31.2 Å². The number of hydrogen-bond acceptors (Lipinski definition) is 3. The van der Waals surface area contributed by atoms with Crippen LogP contribution in [0.3, 0.4) is 0 Å². The van der Waals surface area contributed by atoms with Gasteiger partial charge in [-0.3, -0.25) is 4.79 Å². The lowest BCUT2D eigenvalue weighted by atomic mass is 10.0. The Balaban J connectivity index is 2.11. The molecular formula is C14H15ClN2O2. The Hall–Kier alpha value is -1.81. The fraction of sp³-hybridized carbons (Fsp3) is 0.286. The second-order valence-electron chi connectivity index (χ2n) is 4.32. The molecule has 1 atom stereocenters. The maximum Gasteiger partial charge on any atom is 0.290 e. The molecule has 0 saturated heterocycles. The Kier molecular flexibility index (Phi) is 4.22. The summed E-state index contributed by atoms with van der Waals surface area (Å²) in [6.45, 7) is 3.78. The van der Waals surface area contributed by atoms with E-state index in [1.54, 1.807) is 13.0 Å². The fourth-order valence-electron chi connectivity index (χ4n) is 1.82. The van der Waals surface area contributed by atoms with E-state index in [2.05, 4.69) is 10.5 Å². The number of benzene rings is 1. The Morgan fingerprint density at radius 1 is 1.42 bits per heavy atom. The minimum Gasteiger partial charge on any atom is -0.351 e. The van der Waals surface area contributed by atoms with E-state index in [0.717, 1.165) is 12.0 Å². The van der Waals surface area contributed by atoms with Gasteiger partial charge in [0, 0.05) is 11.1 Å². The van der Waals surface area contributed by atoms with Gasteiger partial charge in [0.15, 0.2) is 0 Å². The third kappa shape index (κ3) is 3.35. The minimum atomic E-state index is -0.262. The number of carbonyl (C=O) groups excluding carboxylic acids is 1. The SMILES string of the molecule is CCC(NC(=O)c1cc(C)no1)c1ccc(Cl)cc1. The van der Waals surface area contributed by atoms with Gasteiger partial charge in [0.2, 0.25) is 5.76 Å². The molecule has 19 heavy (non-hydrogen) atoms. The number of amides is 1. The van der Waals surface area contributed by atoms with Crippen LogP contribution in [0.4, 0.5) is 0 Å². The van der Waals surface area contributed by atoms with Crippen LogP contribution >= 0.6 is 11.6 Å². The molecule has 0 aliphatic rings. The lowest BCUT2D eigenvalue weighted by Crippen LogP contribution is -2.27. The van der Waals surface area contributed by atoms with Crippen molar-refractivity contribution in [2.45, 2.75) is 26.3 Å². The maximum atomic E-state index is 12.0. The van der Waals surface area contributed by atoms with E-state index < -0.39 is 0 Å². The molecule has 0 radical (unpaired) electrons. The van der Waals surface area contributed by atoms with E-state index in [9.17, 15) is 4.79 Å². The highest BCUT2D eigenvalue weighted by atomic mass is 35.5.